The molecule has 1 aliphatic rings. The van der Waals surface area contributed by atoms with Gasteiger partial charge >= 0.3 is 5.63 Å². The van der Waals surface area contributed by atoms with Gasteiger partial charge in [-0.1, -0.05) is 0 Å². The summed E-state index contributed by atoms with van der Waals surface area (Å²) in [5.74, 6) is 1.09. The Morgan fingerprint density at radius 2 is 2.00 bits per heavy atom. The van der Waals surface area contributed by atoms with Crippen molar-refractivity contribution in [2.75, 3.05) is 13.7 Å². The summed E-state index contributed by atoms with van der Waals surface area (Å²) >= 11 is 0. The number of rotatable bonds is 5. The summed E-state index contributed by atoms with van der Waals surface area (Å²) in [5.41, 5.74) is 4.20. The van der Waals surface area contributed by atoms with Gasteiger partial charge in [-0.05, 0) is 67.6 Å². The Labute approximate surface area is 184 Å². The molecule has 1 atom stereocenters. The van der Waals surface area contributed by atoms with Crippen LogP contribution < -0.4 is 20.4 Å². The van der Waals surface area contributed by atoms with Crippen molar-refractivity contribution in [3.63, 3.8) is 0 Å². The zero-order chi connectivity index (χ0) is 22.2. The zero-order valence-electron chi connectivity index (χ0n) is 18.0. The highest BCUT2D eigenvalue weighted by Crippen LogP contribution is 2.36. The number of fused-ring (bicyclic) bond motifs is 4. The van der Waals surface area contributed by atoms with Crippen molar-refractivity contribution in [3.8, 4) is 11.5 Å². The quantitative estimate of drug-likeness (QED) is 0.462. The van der Waals surface area contributed by atoms with E-state index in [2.05, 4.69) is 10.3 Å². The number of nitrogens with one attached hydrogen (secondary N) is 2. The van der Waals surface area contributed by atoms with Gasteiger partial charge in [0.2, 0.25) is 0 Å². The maximum atomic E-state index is 12.6. The van der Waals surface area contributed by atoms with E-state index < -0.39 is 5.63 Å². The highest BCUT2D eigenvalue weighted by atomic mass is 16.5. The number of carbonyl (C=O) groups excluding carboxylic acids is 1. The minimum atomic E-state index is -0.408. The molecular weight excluding hydrogens is 408 g/mol. The number of aryl methyl sites for hydroxylation is 2. The van der Waals surface area contributed by atoms with Crippen LogP contribution in [0.5, 0.6) is 11.5 Å². The molecule has 7 heteroatoms. The molecule has 2 N–H and O–H groups in total. The van der Waals surface area contributed by atoms with Crippen LogP contribution in [0.2, 0.25) is 0 Å². The Morgan fingerprint density at radius 1 is 1.16 bits per heavy atom. The van der Waals surface area contributed by atoms with Gasteiger partial charge in [-0.15, -0.1) is 0 Å². The van der Waals surface area contributed by atoms with Crippen LogP contribution >= 0.6 is 0 Å². The summed E-state index contributed by atoms with van der Waals surface area (Å²) in [4.78, 5) is 27.7. The van der Waals surface area contributed by atoms with Crippen LogP contribution in [0.1, 0.15) is 35.7 Å². The van der Waals surface area contributed by atoms with Gasteiger partial charge < -0.3 is 24.2 Å². The van der Waals surface area contributed by atoms with Gasteiger partial charge in [0.15, 0.2) is 6.61 Å². The minimum Gasteiger partial charge on any atom is -0.497 e. The van der Waals surface area contributed by atoms with Gasteiger partial charge in [-0.2, -0.15) is 0 Å². The molecule has 2 heterocycles. The van der Waals surface area contributed by atoms with Crippen LogP contribution in [-0.4, -0.2) is 24.6 Å². The summed E-state index contributed by atoms with van der Waals surface area (Å²) < 4.78 is 16.3. The van der Waals surface area contributed by atoms with Crippen molar-refractivity contribution < 1.29 is 18.7 Å². The SMILES string of the molecule is COc1ccc2[nH]c3c(c2c1)CCC[C@@H]3NC(=O)COc1ccc2c(C)cc(=O)oc2c1. The molecule has 0 saturated carbocycles. The largest absolute Gasteiger partial charge is 0.497 e. The average Bonchev–Trinajstić information content (AvgIpc) is 3.16. The number of aromatic amines is 1. The lowest BCUT2D eigenvalue weighted by Crippen LogP contribution is -2.34. The number of methoxy groups -OCH3 is 1. The highest BCUT2D eigenvalue weighted by molar-refractivity contribution is 5.87. The zero-order valence-corrected chi connectivity index (χ0v) is 18.0. The standard InChI is InChI=1S/C25H24N2O5/c1-14-10-24(29)32-22-12-16(6-8-17(14)22)31-13-23(28)26-21-5-3-4-18-19-11-15(30-2)7-9-20(19)27-25(18)21/h6-12,21,27H,3-5,13H2,1-2H3,(H,26,28)/t21-/m0/s1. The number of hydrogen-bond donors (Lipinski definition) is 2. The third kappa shape index (κ3) is 3.70. The molecule has 0 saturated heterocycles. The van der Waals surface area contributed by atoms with Crippen molar-refractivity contribution >= 4 is 27.8 Å². The van der Waals surface area contributed by atoms with Crippen LogP contribution in [0.25, 0.3) is 21.9 Å². The highest BCUT2D eigenvalue weighted by Gasteiger charge is 2.26. The lowest BCUT2D eigenvalue weighted by molar-refractivity contribution is -0.124. The number of hydrogen-bond acceptors (Lipinski definition) is 5. The van der Waals surface area contributed by atoms with Crippen molar-refractivity contribution in [3.05, 3.63) is 69.7 Å². The average molecular weight is 432 g/mol. The number of H-pyrrole nitrogens is 1. The molecule has 5 rings (SSSR count). The second kappa shape index (κ2) is 8.07. The molecule has 0 bridgehead atoms. The molecule has 2 aromatic heterocycles. The van der Waals surface area contributed by atoms with Gasteiger partial charge in [0, 0.05) is 34.1 Å². The number of carbonyl (C=O) groups is 1. The van der Waals surface area contributed by atoms with E-state index in [1.807, 2.05) is 31.2 Å². The van der Waals surface area contributed by atoms with Crippen LogP contribution in [-0.2, 0) is 11.2 Å². The van der Waals surface area contributed by atoms with Crippen LogP contribution in [0.15, 0.2) is 51.7 Å². The number of benzene rings is 2. The Morgan fingerprint density at radius 3 is 2.84 bits per heavy atom. The van der Waals surface area contributed by atoms with Gasteiger partial charge in [0.05, 0.1) is 13.2 Å². The normalized spacial score (nSPS) is 15.5. The van der Waals surface area contributed by atoms with Gasteiger partial charge in [-0.3, -0.25) is 4.79 Å². The molecule has 2 aromatic carbocycles. The van der Waals surface area contributed by atoms with E-state index in [-0.39, 0.29) is 18.6 Å². The number of aromatic nitrogens is 1. The molecule has 0 spiro atoms. The summed E-state index contributed by atoms with van der Waals surface area (Å²) in [6.45, 7) is 1.73. The van der Waals surface area contributed by atoms with Gasteiger partial charge in [0.1, 0.15) is 17.1 Å². The summed E-state index contributed by atoms with van der Waals surface area (Å²) in [6.07, 6.45) is 2.82. The molecule has 0 unspecified atom stereocenters. The first-order valence-electron chi connectivity index (χ1n) is 10.7. The fourth-order valence-electron chi connectivity index (χ4n) is 4.49. The first-order valence-corrected chi connectivity index (χ1v) is 10.7. The molecule has 32 heavy (non-hydrogen) atoms. The Bertz CT molecular complexity index is 1380. The monoisotopic (exact) mass is 432 g/mol. The van der Waals surface area contributed by atoms with E-state index in [0.29, 0.717) is 11.3 Å². The Kier molecular flexibility index (Phi) is 5.09. The molecule has 7 nitrogen and oxygen atoms in total. The molecule has 0 aliphatic heterocycles. The smallest absolute Gasteiger partial charge is 0.336 e. The molecule has 164 valence electrons. The fourth-order valence-corrected chi connectivity index (χ4v) is 4.49. The third-order valence-corrected chi connectivity index (χ3v) is 6.04. The van der Waals surface area contributed by atoms with Crippen LogP contribution in [0.4, 0.5) is 0 Å². The summed E-state index contributed by atoms with van der Waals surface area (Å²) in [5, 5.41) is 5.07. The van der Waals surface area contributed by atoms with Crippen LogP contribution in [0, 0.1) is 6.92 Å². The van der Waals surface area contributed by atoms with Crippen molar-refractivity contribution in [2.24, 2.45) is 0 Å². The second-order valence-electron chi connectivity index (χ2n) is 8.14. The first-order chi connectivity index (χ1) is 15.5. The van der Waals surface area contributed by atoms with E-state index in [9.17, 15) is 9.59 Å². The van der Waals surface area contributed by atoms with E-state index in [1.165, 1.54) is 11.6 Å². The maximum absolute atomic E-state index is 12.6. The predicted molar refractivity (Wildman–Crippen MR) is 121 cm³/mol. The first kappa shape index (κ1) is 20.2. The lowest BCUT2D eigenvalue weighted by atomic mass is 9.91. The van der Waals surface area contributed by atoms with E-state index >= 15 is 0 Å². The van der Waals surface area contributed by atoms with Crippen molar-refractivity contribution in [1.29, 1.82) is 0 Å². The number of ether oxygens (including phenoxy) is 2. The van der Waals surface area contributed by atoms with E-state index in [4.69, 9.17) is 13.9 Å². The summed E-state index contributed by atoms with van der Waals surface area (Å²) in [7, 11) is 1.66. The molecule has 1 aliphatic carbocycles. The molecule has 4 aromatic rings. The molecule has 0 fully saturated rings. The van der Waals surface area contributed by atoms with Crippen LogP contribution in [0.3, 0.4) is 0 Å². The van der Waals surface area contributed by atoms with Gasteiger partial charge in [-0.25, -0.2) is 4.79 Å². The second-order valence-corrected chi connectivity index (χ2v) is 8.14. The topological polar surface area (TPSA) is 93.6 Å². The van der Waals surface area contributed by atoms with Crippen molar-refractivity contribution in [1.82, 2.24) is 10.3 Å². The van der Waals surface area contributed by atoms with Gasteiger partial charge in [0.25, 0.3) is 5.91 Å². The minimum absolute atomic E-state index is 0.0921. The third-order valence-electron chi connectivity index (χ3n) is 6.04. The molecule has 0 radical (unpaired) electrons. The lowest BCUT2D eigenvalue weighted by Gasteiger charge is -2.24. The predicted octanol–water partition coefficient (Wildman–Crippen LogP) is 4.16. The van der Waals surface area contributed by atoms with E-state index in [0.717, 1.165) is 52.6 Å². The molecule has 1 amide bonds. The Balaban J connectivity index is 1.30. The fraction of sp³-hybridized carbons (Fsp3) is 0.280. The van der Waals surface area contributed by atoms with E-state index in [1.54, 1.807) is 19.2 Å². The Hall–Kier alpha value is -3.74. The molecular formula is C25H24N2O5. The van der Waals surface area contributed by atoms with Crippen molar-refractivity contribution in [2.45, 2.75) is 32.2 Å². The maximum Gasteiger partial charge on any atom is 0.336 e. The summed E-state index contributed by atoms with van der Waals surface area (Å²) in [6, 6.07) is 12.6. The number of amides is 1.